The summed E-state index contributed by atoms with van der Waals surface area (Å²) in [5, 5.41) is 6.46. The minimum atomic E-state index is -0.495. The first-order chi connectivity index (χ1) is 12.5. The molecule has 5 nitrogen and oxygen atoms in total. The fourth-order valence-electron chi connectivity index (χ4n) is 3.17. The van der Waals surface area contributed by atoms with Crippen LogP contribution in [-0.2, 0) is 4.79 Å². The maximum Gasteiger partial charge on any atom is 0.345 e. The largest absolute Gasteiger partial charge is 0.422 e. The second kappa shape index (κ2) is 6.22. The number of para-hydroxylation sites is 1. The van der Waals surface area contributed by atoms with Gasteiger partial charge in [-0.2, -0.15) is 5.10 Å². The van der Waals surface area contributed by atoms with Crippen LogP contribution in [0.5, 0.6) is 0 Å². The second-order valence-corrected chi connectivity index (χ2v) is 6.17. The van der Waals surface area contributed by atoms with E-state index in [9.17, 15) is 14.0 Å². The van der Waals surface area contributed by atoms with Gasteiger partial charge in [0.05, 0.1) is 17.3 Å². The molecule has 4 rings (SSSR count). The van der Waals surface area contributed by atoms with Crippen molar-refractivity contribution in [2.24, 2.45) is 5.10 Å². The summed E-state index contributed by atoms with van der Waals surface area (Å²) in [6.07, 6.45) is 0.355. The van der Waals surface area contributed by atoms with Gasteiger partial charge in [-0.25, -0.2) is 14.2 Å². The van der Waals surface area contributed by atoms with Crippen molar-refractivity contribution in [3.63, 3.8) is 0 Å². The summed E-state index contributed by atoms with van der Waals surface area (Å²) in [5.74, 6) is -0.600. The number of hydrogen-bond acceptors (Lipinski definition) is 4. The Morgan fingerprint density at radius 2 is 1.92 bits per heavy atom. The first-order valence-electron chi connectivity index (χ1n) is 8.19. The van der Waals surface area contributed by atoms with Crippen molar-refractivity contribution in [1.82, 2.24) is 5.01 Å². The molecule has 0 saturated heterocycles. The van der Waals surface area contributed by atoms with Gasteiger partial charge < -0.3 is 4.42 Å². The third kappa shape index (κ3) is 2.79. The Kier molecular flexibility index (Phi) is 3.88. The quantitative estimate of drug-likeness (QED) is 0.663. The lowest BCUT2D eigenvalue weighted by Gasteiger charge is -2.20. The van der Waals surface area contributed by atoms with Crippen molar-refractivity contribution in [2.75, 3.05) is 0 Å². The fraction of sp³-hybridized carbons (Fsp3) is 0.150. The predicted octanol–water partition coefficient (Wildman–Crippen LogP) is 3.63. The Hall–Kier alpha value is -3.28. The molecule has 1 aliphatic heterocycles. The number of halogens is 1. The summed E-state index contributed by atoms with van der Waals surface area (Å²) in [5.41, 5.74) is 1.57. The van der Waals surface area contributed by atoms with Crippen LogP contribution in [0.25, 0.3) is 11.0 Å². The molecule has 1 aliphatic rings. The van der Waals surface area contributed by atoms with Crippen LogP contribution in [0.4, 0.5) is 4.39 Å². The number of benzene rings is 2. The van der Waals surface area contributed by atoms with Gasteiger partial charge in [-0.3, -0.25) is 4.79 Å². The Balaban J connectivity index is 1.77. The molecule has 0 N–H and O–H groups in total. The maximum atomic E-state index is 13.2. The zero-order chi connectivity index (χ0) is 18.3. The molecule has 3 aromatic rings. The van der Waals surface area contributed by atoms with Gasteiger partial charge in [0.15, 0.2) is 0 Å². The van der Waals surface area contributed by atoms with Gasteiger partial charge in [0, 0.05) is 18.7 Å². The molecule has 26 heavy (non-hydrogen) atoms. The van der Waals surface area contributed by atoms with Crippen LogP contribution < -0.4 is 5.63 Å². The van der Waals surface area contributed by atoms with E-state index in [0.29, 0.717) is 23.3 Å². The molecule has 0 aliphatic carbocycles. The Morgan fingerprint density at radius 1 is 1.19 bits per heavy atom. The number of fused-ring (bicyclic) bond motifs is 1. The number of amides is 1. The molecule has 0 fully saturated rings. The van der Waals surface area contributed by atoms with E-state index in [-0.39, 0.29) is 17.8 Å². The summed E-state index contributed by atoms with van der Waals surface area (Å²) in [7, 11) is 0. The van der Waals surface area contributed by atoms with E-state index < -0.39 is 5.63 Å². The van der Waals surface area contributed by atoms with Crippen LogP contribution in [0.2, 0.25) is 0 Å². The summed E-state index contributed by atoms with van der Waals surface area (Å²) >= 11 is 0. The molecule has 6 heteroatoms. The van der Waals surface area contributed by atoms with Crippen molar-refractivity contribution in [3.8, 4) is 0 Å². The molecule has 0 bridgehead atoms. The molecule has 1 aromatic heterocycles. The third-order valence-electron chi connectivity index (χ3n) is 4.44. The molecule has 2 heterocycles. The third-order valence-corrected chi connectivity index (χ3v) is 4.44. The number of nitrogens with zero attached hydrogens (tertiary/aromatic N) is 2. The lowest BCUT2D eigenvalue weighted by molar-refractivity contribution is -0.130. The zero-order valence-corrected chi connectivity index (χ0v) is 14.0. The highest BCUT2D eigenvalue weighted by molar-refractivity contribution is 6.04. The Labute approximate surface area is 148 Å². The minimum Gasteiger partial charge on any atom is -0.422 e. The second-order valence-electron chi connectivity index (χ2n) is 6.17. The summed E-state index contributed by atoms with van der Waals surface area (Å²) in [4.78, 5) is 24.4. The summed E-state index contributed by atoms with van der Waals surface area (Å²) in [6.45, 7) is 1.41. The van der Waals surface area contributed by atoms with Gasteiger partial charge >= 0.3 is 5.63 Å². The lowest BCUT2D eigenvalue weighted by Crippen LogP contribution is -2.24. The van der Waals surface area contributed by atoms with Gasteiger partial charge in [0.2, 0.25) is 5.91 Å². The molecule has 2 aromatic carbocycles. The molecular formula is C20H15FN2O3. The van der Waals surface area contributed by atoms with E-state index in [2.05, 4.69) is 5.10 Å². The number of hydrazone groups is 1. The molecule has 0 saturated carbocycles. The average molecular weight is 350 g/mol. The van der Waals surface area contributed by atoms with Crippen LogP contribution >= 0.6 is 0 Å². The summed E-state index contributed by atoms with van der Waals surface area (Å²) in [6, 6.07) is 14.5. The molecule has 1 unspecified atom stereocenters. The first-order valence-corrected chi connectivity index (χ1v) is 8.19. The highest BCUT2D eigenvalue weighted by Crippen LogP contribution is 2.32. The Bertz CT molecular complexity index is 1090. The van der Waals surface area contributed by atoms with Crippen LogP contribution in [0.15, 0.2) is 68.9 Å². The van der Waals surface area contributed by atoms with Crippen molar-refractivity contribution in [2.45, 2.75) is 19.4 Å². The molecular weight excluding hydrogens is 335 g/mol. The Morgan fingerprint density at radius 3 is 2.65 bits per heavy atom. The molecule has 1 atom stereocenters. The van der Waals surface area contributed by atoms with E-state index in [0.717, 1.165) is 10.9 Å². The van der Waals surface area contributed by atoms with Crippen molar-refractivity contribution in [1.29, 1.82) is 0 Å². The van der Waals surface area contributed by atoms with Gasteiger partial charge in [-0.05, 0) is 29.8 Å². The number of carbonyl (C=O) groups excluding carboxylic acids is 1. The fourth-order valence-corrected chi connectivity index (χ4v) is 3.17. The smallest absolute Gasteiger partial charge is 0.345 e. The van der Waals surface area contributed by atoms with E-state index in [1.54, 1.807) is 30.3 Å². The van der Waals surface area contributed by atoms with Gasteiger partial charge in [0.1, 0.15) is 11.4 Å². The van der Waals surface area contributed by atoms with E-state index in [1.807, 2.05) is 12.1 Å². The standard InChI is InChI=1S/C20H15FN2O3/c1-12(24)23-18(13-6-8-15(21)9-7-13)11-17(22-23)16-10-14-4-2-3-5-19(14)26-20(16)25/h2-10,18H,11H2,1H3. The van der Waals surface area contributed by atoms with E-state index in [4.69, 9.17) is 4.42 Å². The van der Waals surface area contributed by atoms with Crippen LogP contribution in [0.3, 0.4) is 0 Å². The minimum absolute atomic E-state index is 0.250. The number of carbonyl (C=O) groups is 1. The summed E-state index contributed by atoms with van der Waals surface area (Å²) < 4.78 is 18.6. The van der Waals surface area contributed by atoms with Crippen molar-refractivity contribution in [3.05, 3.63) is 82.0 Å². The number of hydrogen-bond donors (Lipinski definition) is 0. The van der Waals surface area contributed by atoms with Crippen LogP contribution in [0, 0.1) is 5.82 Å². The highest BCUT2D eigenvalue weighted by atomic mass is 19.1. The molecule has 0 radical (unpaired) electrons. The number of rotatable bonds is 2. The molecule has 1 amide bonds. The average Bonchev–Trinajstić information content (AvgIpc) is 3.07. The van der Waals surface area contributed by atoms with Crippen molar-refractivity contribution < 1.29 is 13.6 Å². The highest BCUT2D eigenvalue weighted by Gasteiger charge is 2.32. The first kappa shape index (κ1) is 16.2. The normalized spacial score (nSPS) is 16.8. The monoisotopic (exact) mass is 350 g/mol. The maximum absolute atomic E-state index is 13.2. The van der Waals surface area contributed by atoms with Gasteiger partial charge in [0.25, 0.3) is 0 Å². The molecule has 130 valence electrons. The van der Waals surface area contributed by atoms with E-state index >= 15 is 0 Å². The topological polar surface area (TPSA) is 62.9 Å². The SMILES string of the molecule is CC(=O)N1N=C(c2cc3ccccc3oc2=O)CC1c1ccc(F)cc1. The lowest BCUT2D eigenvalue weighted by atomic mass is 9.98. The van der Waals surface area contributed by atoms with E-state index in [1.165, 1.54) is 24.1 Å². The van der Waals surface area contributed by atoms with Crippen LogP contribution in [0.1, 0.15) is 30.5 Å². The molecule has 0 spiro atoms. The van der Waals surface area contributed by atoms with Crippen LogP contribution in [-0.4, -0.2) is 16.6 Å². The predicted molar refractivity (Wildman–Crippen MR) is 95.3 cm³/mol. The zero-order valence-electron chi connectivity index (χ0n) is 14.0. The van der Waals surface area contributed by atoms with Crippen molar-refractivity contribution >= 4 is 22.6 Å². The van der Waals surface area contributed by atoms with Gasteiger partial charge in [-0.15, -0.1) is 0 Å². The van der Waals surface area contributed by atoms with Gasteiger partial charge in [-0.1, -0.05) is 30.3 Å².